The van der Waals surface area contributed by atoms with Crippen LogP contribution >= 0.6 is 34.2 Å². The number of benzene rings is 1. The van der Waals surface area contributed by atoms with Gasteiger partial charge in [-0.3, -0.25) is 4.72 Å². The minimum Gasteiger partial charge on any atom is -0.329 e. The summed E-state index contributed by atoms with van der Waals surface area (Å²) in [5.74, 6) is 0. The zero-order chi connectivity index (χ0) is 14.8. The second-order valence-electron chi connectivity index (χ2n) is 4.73. The monoisotopic (exact) mass is 429 g/mol. The minimum atomic E-state index is -3.62. The Kier molecular flexibility index (Phi) is 5.52. The molecule has 0 aliphatic carbocycles. The molecule has 0 spiro atoms. The van der Waals surface area contributed by atoms with Crippen molar-refractivity contribution in [3.63, 3.8) is 0 Å². The number of hydrogen-bond acceptors (Lipinski definition) is 3. The number of nitrogens with zero attached hydrogens (tertiary/aromatic N) is 1. The predicted octanol–water partition coefficient (Wildman–Crippen LogP) is 2.41. The average Bonchev–Trinajstić information content (AvgIpc) is 2.42. The van der Waals surface area contributed by atoms with Crippen molar-refractivity contribution >= 4 is 50.1 Å². The normalized spacial score (nSPS) is 20.9. The maximum atomic E-state index is 12.5. The first kappa shape index (κ1) is 16.3. The summed E-state index contributed by atoms with van der Waals surface area (Å²) in [6.07, 6.45) is 2.67. The number of piperidine rings is 1. The van der Waals surface area contributed by atoms with Crippen LogP contribution in [0.5, 0.6) is 0 Å². The van der Waals surface area contributed by atoms with Crippen LogP contribution in [0, 0.1) is 3.57 Å². The highest BCUT2D eigenvalue weighted by Gasteiger charge is 2.31. The number of rotatable bonds is 4. The van der Waals surface area contributed by atoms with Crippen LogP contribution in [0.3, 0.4) is 0 Å². The van der Waals surface area contributed by atoms with Crippen molar-refractivity contribution in [2.75, 3.05) is 17.8 Å². The molecule has 3 N–H and O–H groups in total. The third kappa shape index (κ3) is 3.76. The fourth-order valence-electron chi connectivity index (χ4n) is 2.30. The van der Waals surface area contributed by atoms with Crippen molar-refractivity contribution in [2.24, 2.45) is 5.73 Å². The molecular formula is C12H17ClIN3O2S. The molecule has 0 amide bonds. The largest absolute Gasteiger partial charge is 0.329 e. The molecule has 1 saturated heterocycles. The van der Waals surface area contributed by atoms with Gasteiger partial charge in [0.15, 0.2) is 0 Å². The Morgan fingerprint density at radius 2 is 2.20 bits per heavy atom. The van der Waals surface area contributed by atoms with Gasteiger partial charge in [-0.15, -0.1) is 0 Å². The second kappa shape index (κ2) is 6.78. The maximum absolute atomic E-state index is 12.5. The number of halogens is 2. The van der Waals surface area contributed by atoms with E-state index in [1.165, 1.54) is 4.31 Å². The summed E-state index contributed by atoms with van der Waals surface area (Å²) in [7, 11) is -3.62. The highest BCUT2D eigenvalue weighted by molar-refractivity contribution is 14.1. The lowest BCUT2D eigenvalue weighted by Gasteiger charge is -2.33. The molecule has 0 aromatic heterocycles. The number of hydrogen-bond donors (Lipinski definition) is 2. The van der Waals surface area contributed by atoms with Gasteiger partial charge in [-0.1, -0.05) is 18.0 Å². The van der Waals surface area contributed by atoms with Gasteiger partial charge >= 0.3 is 10.2 Å². The van der Waals surface area contributed by atoms with Crippen LogP contribution in [-0.2, 0) is 10.2 Å². The Morgan fingerprint density at radius 3 is 2.85 bits per heavy atom. The zero-order valence-corrected chi connectivity index (χ0v) is 14.6. The summed E-state index contributed by atoms with van der Waals surface area (Å²) in [6, 6.07) is 5.06. The van der Waals surface area contributed by atoms with E-state index in [-0.39, 0.29) is 6.04 Å². The molecule has 1 atom stereocenters. The van der Waals surface area contributed by atoms with Crippen LogP contribution in [0.2, 0.25) is 5.02 Å². The second-order valence-corrected chi connectivity index (χ2v) is 8.00. The van der Waals surface area contributed by atoms with E-state index >= 15 is 0 Å². The van der Waals surface area contributed by atoms with Gasteiger partial charge in [-0.05, 0) is 53.6 Å². The zero-order valence-electron chi connectivity index (χ0n) is 10.9. The molecule has 2 rings (SSSR count). The van der Waals surface area contributed by atoms with Gasteiger partial charge in [-0.25, -0.2) is 0 Å². The fraction of sp³-hybridized carbons (Fsp3) is 0.500. The van der Waals surface area contributed by atoms with Crippen LogP contribution < -0.4 is 10.5 Å². The highest BCUT2D eigenvalue weighted by atomic mass is 127. The van der Waals surface area contributed by atoms with Crippen molar-refractivity contribution in [1.82, 2.24) is 4.31 Å². The molecule has 1 heterocycles. The van der Waals surface area contributed by atoms with Gasteiger partial charge in [0, 0.05) is 22.7 Å². The van der Waals surface area contributed by atoms with Crippen molar-refractivity contribution in [2.45, 2.75) is 25.3 Å². The topological polar surface area (TPSA) is 75.4 Å². The van der Waals surface area contributed by atoms with Gasteiger partial charge in [0.25, 0.3) is 0 Å². The Balaban J connectivity index is 2.21. The van der Waals surface area contributed by atoms with E-state index in [4.69, 9.17) is 17.3 Å². The first-order valence-corrected chi connectivity index (χ1v) is 9.28. The minimum absolute atomic E-state index is 0.135. The quantitative estimate of drug-likeness (QED) is 0.722. The molecule has 8 heteroatoms. The Labute approximate surface area is 138 Å². The van der Waals surface area contributed by atoms with Crippen LogP contribution in [0.25, 0.3) is 0 Å². The lowest BCUT2D eigenvalue weighted by molar-refractivity contribution is 0.259. The molecule has 1 aromatic carbocycles. The SMILES string of the molecule is NCC1CCCCN1S(=O)(=O)Nc1ccc(I)cc1Cl. The summed E-state index contributed by atoms with van der Waals surface area (Å²) in [5, 5.41) is 0.391. The number of nitrogens with one attached hydrogen (secondary N) is 1. The van der Waals surface area contributed by atoms with E-state index in [1.54, 1.807) is 18.2 Å². The summed E-state index contributed by atoms with van der Waals surface area (Å²) in [5.41, 5.74) is 6.07. The molecule has 1 aliphatic rings. The van der Waals surface area contributed by atoms with Crippen molar-refractivity contribution in [1.29, 1.82) is 0 Å². The molecule has 0 radical (unpaired) electrons. The van der Waals surface area contributed by atoms with Crippen molar-refractivity contribution in [3.8, 4) is 0 Å². The van der Waals surface area contributed by atoms with Crippen LogP contribution in [0.15, 0.2) is 18.2 Å². The Hall–Kier alpha value is -0.0900. The summed E-state index contributed by atoms with van der Waals surface area (Å²) in [4.78, 5) is 0. The van der Waals surface area contributed by atoms with Gasteiger partial charge in [0.2, 0.25) is 0 Å². The third-order valence-corrected chi connectivity index (χ3v) is 5.88. The summed E-state index contributed by atoms with van der Waals surface area (Å²) in [6.45, 7) is 0.834. The molecule has 1 fully saturated rings. The summed E-state index contributed by atoms with van der Waals surface area (Å²) < 4.78 is 29.9. The van der Waals surface area contributed by atoms with Crippen molar-refractivity contribution < 1.29 is 8.42 Å². The lowest BCUT2D eigenvalue weighted by Crippen LogP contribution is -2.49. The average molecular weight is 430 g/mol. The molecular weight excluding hydrogens is 413 g/mol. The lowest BCUT2D eigenvalue weighted by atomic mass is 10.1. The Bertz CT molecular complexity index is 582. The molecule has 1 unspecified atom stereocenters. The molecule has 5 nitrogen and oxygen atoms in total. The van der Waals surface area contributed by atoms with Gasteiger partial charge in [0.1, 0.15) is 0 Å². The van der Waals surface area contributed by atoms with E-state index in [9.17, 15) is 8.42 Å². The Morgan fingerprint density at radius 1 is 1.45 bits per heavy atom. The van der Waals surface area contributed by atoms with Gasteiger partial charge in [0.05, 0.1) is 10.7 Å². The van der Waals surface area contributed by atoms with Gasteiger partial charge in [-0.2, -0.15) is 12.7 Å². The van der Waals surface area contributed by atoms with Crippen molar-refractivity contribution in [3.05, 3.63) is 26.8 Å². The summed E-state index contributed by atoms with van der Waals surface area (Å²) >= 11 is 8.19. The van der Waals surface area contributed by atoms with E-state index in [1.807, 2.05) is 0 Å². The molecule has 20 heavy (non-hydrogen) atoms. The first-order valence-electron chi connectivity index (χ1n) is 6.39. The molecule has 1 aromatic rings. The number of nitrogens with two attached hydrogens (primary N) is 1. The van der Waals surface area contributed by atoms with Crippen LogP contribution in [0.1, 0.15) is 19.3 Å². The van der Waals surface area contributed by atoms with Gasteiger partial charge < -0.3 is 5.73 Å². The highest BCUT2D eigenvalue weighted by Crippen LogP contribution is 2.27. The first-order chi connectivity index (χ1) is 9.44. The smallest absolute Gasteiger partial charge is 0.301 e. The van der Waals surface area contributed by atoms with E-state index < -0.39 is 10.2 Å². The third-order valence-electron chi connectivity index (χ3n) is 3.32. The van der Waals surface area contributed by atoms with Crippen LogP contribution in [-0.4, -0.2) is 31.9 Å². The van der Waals surface area contributed by atoms with E-state index in [0.29, 0.717) is 23.8 Å². The number of anilines is 1. The maximum Gasteiger partial charge on any atom is 0.301 e. The molecule has 112 valence electrons. The van der Waals surface area contributed by atoms with Crippen LogP contribution in [0.4, 0.5) is 5.69 Å². The standard InChI is InChI=1S/C12H17ClIN3O2S/c13-11-7-9(14)4-5-12(11)16-20(18,19)17-6-2-1-3-10(17)8-15/h4-5,7,10,16H,1-3,6,8,15H2. The molecule has 0 saturated carbocycles. The van der Waals surface area contributed by atoms with E-state index in [0.717, 1.165) is 22.8 Å². The fourth-order valence-corrected chi connectivity index (χ4v) is 4.78. The molecule has 0 bridgehead atoms. The van der Waals surface area contributed by atoms with E-state index in [2.05, 4.69) is 27.3 Å². The molecule has 1 aliphatic heterocycles. The predicted molar refractivity (Wildman–Crippen MR) is 90.1 cm³/mol.